The highest BCUT2D eigenvalue weighted by molar-refractivity contribution is 5.52. The van der Waals surface area contributed by atoms with Gasteiger partial charge in [0.25, 0.3) is 0 Å². The molecule has 7 nitrogen and oxygen atoms in total. The number of imidazole rings is 1. The molecule has 0 saturated carbocycles. The molecule has 2 heterocycles. The Morgan fingerprint density at radius 2 is 2.62 bits per heavy atom. The van der Waals surface area contributed by atoms with E-state index < -0.39 is 4.92 Å². The lowest BCUT2D eigenvalue weighted by Gasteiger charge is -2.11. The average molecular weight is 225 g/mol. The number of nitro groups is 1. The fourth-order valence-corrected chi connectivity index (χ4v) is 1.91. The Morgan fingerprint density at radius 3 is 3.25 bits per heavy atom. The van der Waals surface area contributed by atoms with Crippen molar-refractivity contribution in [3.8, 4) is 0 Å². The van der Waals surface area contributed by atoms with Crippen LogP contribution in [0.2, 0.25) is 0 Å². The van der Waals surface area contributed by atoms with Gasteiger partial charge in [-0.05, 0) is 29.3 Å². The molecule has 0 bridgehead atoms. The van der Waals surface area contributed by atoms with Gasteiger partial charge in [-0.1, -0.05) is 0 Å². The molecule has 88 valence electrons. The topological polar surface area (TPSA) is 85.0 Å². The molecule has 0 spiro atoms. The zero-order chi connectivity index (χ0) is 11.5. The van der Waals surface area contributed by atoms with Crippen LogP contribution in [0.1, 0.15) is 12.8 Å². The van der Waals surface area contributed by atoms with Crippen molar-refractivity contribution in [3.63, 3.8) is 0 Å². The fourth-order valence-electron chi connectivity index (χ4n) is 1.91. The number of anilines is 1. The van der Waals surface area contributed by atoms with Gasteiger partial charge in [0, 0.05) is 19.6 Å². The summed E-state index contributed by atoms with van der Waals surface area (Å²) in [4.78, 5) is 14.0. The summed E-state index contributed by atoms with van der Waals surface area (Å²) in [6, 6.07) is 0.398. The lowest BCUT2D eigenvalue weighted by atomic mass is 10.2. The van der Waals surface area contributed by atoms with E-state index in [1.54, 1.807) is 11.6 Å². The highest BCUT2D eigenvalue weighted by atomic mass is 16.6. The van der Waals surface area contributed by atoms with E-state index in [2.05, 4.69) is 15.6 Å². The normalized spacial score (nSPS) is 19.9. The molecule has 1 aromatic heterocycles. The summed E-state index contributed by atoms with van der Waals surface area (Å²) in [5.74, 6) is 0.360. The van der Waals surface area contributed by atoms with Crippen molar-refractivity contribution in [2.24, 2.45) is 7.05 Å². The molecule has 16 heavy (non-hydrogen) atoms. The van der Waals surface area contributed by atoms with Gasteiger partial charge in [0.15, 0.2) is 0 Å². The Labute approximate surface area is 93.0 Å². The highest BCUT2D eigenvalue weighted by Crippen LogP contribution is 2.21. The van der Waals surface area contributed by atoms with Gasteiger partial charge in [-0.2, -0.15) is 0 Å². The van der Waals surface area contributed by atoms with E-state index in [0.29, 0.717) is 18.4 Å². The largest absolute Gasteiger partial charge is 0.406 e. The Morgan fingerprint density at radius 1 is 1.81 bits per heavy atom. The van der Waals surface area contributed by atoms with Gasteiger partial charge in [0.1, 0.15) is 0 Å². The predicted octanol–water partition coefficient (Wildman–Crippen LogP) is 0.492. The maximum Gasteiger partial charge on any atom is 0.406 e. The van der Waals surface area contributed by atoms with Crippen LogP contribution in [0.25, 0.3) is 0 Å². The van der Waals surface area contributed by atoms with Crippen molar-refractivity contribution < 1.29 is 4.92 Å². The number of aromatic nitrogens is 2. The van der Waals surface area contributed by atoms with E-state index >= 15 is 0 Å². The standard InChI is InChI=1S/C9H15N5O2/c1-13-6-12-9(14(15)16)8(13)11-5-7-3-2-4-10-7/h6-7,10-11H,2-5H2,1H3. The quantitative estimate of drug-likeness (QED) is 0.575. The molecule has 1 unspecified atom stereocenters. The van der Waals surface area contributed by atoms with Crippen LogP contribution in [0.4, 0.5) is 11.6 Å². The maximum atomic E-state index is 10.7. The van der Waals surface area contributed by atoms with Gasteiger partial charge in [-0.15, -0.1) is 0 Å². The zero-order valence-corrected chi connectivity index (χ0v) is 9.14. The summed E-state index contributed by atoms with van der Waals surface area (Å²) in [6.45, 7) is 1.72. The molecule has 1 aliphatic heterocycles. The summed E-state index contributed by atoms with van der Waals surface area (Å²) in [5, 5.41) is 17.1. The monoisotopic (exact) mass is 225 g/mol. The van der Waals surface area contributed by atoms with Gasteiger partial charge >= 0.3 is 5.82 Å². The molecule has 0 aliphatic carbocycles. The van der Waals surface area contributed by atoms with Crippen LogP contribution >= 0.6 is 0 Å². The van der Waals surface area contributed by atoms with Crippen LogP contribution in [0, 0.1) is 10.1 Å². The van der Waals surface area contributed by atoms with Crippen molar-refractivity contribution in [3.05, 3.63) is 16.4 Å². The zero-order valence-electron chi connectivity index (χ0n) is 9.14. The third-order valence-electron chi connectivity index (χ3n) is 2.77. The summed E-state index contributed by atoms with van der Waals surface area (Å²) < 4.78 is 1.63. The molecule has 2 rings (SSSR count). The first kappa shape index (κ1) is 10.9. The van der Waals surface area contributed by atoms with Crippen LogP contribution in [-0.4, -0.2) is 33.6 Å². The van der Waals surface area contributed by atoms with Crippen LogP contribution < -0.4 is 10.6 Å². The average Bonchev–Trinajstić information content (AvgIpc) is 2.84. The Kier molecular flexibility index (Phi) is 3.04. The van der Waals surface area contributed by atoms with Crippen molar-refractivity contribution in [1.29, 1.82) is 0 Å². The second kappa shape index (κ2) is 4.48. The molecule has 1 fully saturated rings. The molecular formula is C9H15N5O2. The van der Waals surface area contributed by atoms with E-state index in [-0.39, 0.29) is 5.82 Å². The third kappa shape index (κ3) is 2.13. The first-order chi connectivity index (χ1) is 7.68. The SMILES string of the molecule is Cn1cnc([N+](=O)[O-])c1NCC1CCCN1. The fraction of sp³-hybridized carbons (Fsp3) is 0.667. The van der Waals surface area contributed by atoms with Crippen LogP contribution in [0.15, 0.2) is 6.33 Å². The predicted molar refractivity (Wildman–Crippen MR) is 59.4 cm³/mol. The van der Waals surface area contributed by atoms with Crippen LogP contribution in [0.3, 0.4) is 0 Å². The smallest absolute Gasteiger partial charge is 0.363 e. The molecule has 7 heteroatoms. The van der Waals surface area contributed by atoms with Crippen molar-refractivity contribution in [2.75, 3.05) is 18.4 Å². The first-order valence-electron chi connectivity index (χ1n) is 5.31. The third-order valence-corrected chi connectivity index (χ3v) is 2.77. The summed E-state index contributed by atoms with van der Waals surface area (Å²) in [5.41, 5.74) is 0. The lowest BCUT2D eigenvalue weighted by Crippen LogP contribution is -2.29. The van der Waals surface area contributed by atoms with Crippen LogP contribution in [0.5, 0.6) is 0 Å². The highest BCUT2D eigenvalue weighted by Gasteiger charge is 2.21. The number of aryl methyl sites for hydroxylation is 1. The van der Waals surface area contributed by atoms with Gasteiger partial charge in [-0.3, -0.25) is 4.57 Å². The molecule has 1 aromatic rings. The minimum absolute atomic E-state index is 0.111. The lowest BCUT2D eigenvalue weighted by molar-refractivity contribution is -0.388. The number of rotatable bonds is 4. The van der Waals surface area contributed by atoms with E-state index in [1.165, 1.54) is 12.7 Å². The van der Waals surface area contributed by atoms with Crippen molar-refractivity contribution >= 4 is 11.6 Å². The second-order valence-electron chi connectivity index (χ2n) is 3.96. The number of hydrogen-bond donors (Lipinski definition) is 2. The molecule has 1 atom stereocenters. The molecule has 0 radical (unpaired) electrons. The number of nitrogens with one attached hydrogen (secondary N) is 2. The molecule has 0 amide bonds. The van der Waals surface area contributed by atoms with Crippen LogP contribution in [-0.2, 0) is 7.05 Å². The van der Waals surface area contributed by atoms with Crippen molar-refractivity contribution in [1.82, 2.24) is 14.9 Å². The number of nitrogens with zero attached hydrogens (tertiary/aromatic N) is 3. The van der Waals surface area contributed by atoms with E-state index in [4.69, 9.17) is 0 Å². The second-order valence-corrected chi connectivity index (χ2v) is 3.96. The Hall–Kier alpha value is -1.63. The van der Waals surface area contributed by atoms with Gasteiger partial charge in [-0.25, -0.2) is 0 Å². The molecular weight excluding hydrogens is 210 g/mol. The van der Waals surface area contributed by atoms with Gasteiger partial charge < -0.3 is 20.7 Å². The van der Waals surface area contributed by atoms with Gasteiger partial charge in [0.2, 0.25) is 12.1 Å². The van der Waals surface area contributed by atoms with Crippen molar-refractivity contribution in [2.45, 2.75) is 18.9 Å². The van der Waals surface area contributed by atoms with E-state index in [9.17, 15) is 10.1 Å². The summed E-state index contributed by atoms with van der Waals surface area (Å²) >= 11 is 0. The minimum Gasteiger partial charge on any atom is -0.363 e. The van der Waals surface area contributed by atoms with E-state index in [1.807, 2.05) is 0 Å². The Balaban J connectivity index is 2.02. The summed E-state index contributed by atoms with van der Waals surface area (Å²) in [6.07, 6.45) is 3.72. The maximum absolute atomic E-state index is 10.7. The number of hydrogen-bond acceptors (Lipinski definition) is 5. The molecule has 1 aliphatic rings. The van der Waals surface area contributed by atoms with E-state index in [0.717, 1.165) is 13.0 Å². The molecule has 2 N–H and O–H groups in total. The molecule has 1 saturated heterocycles. The van der Waals surface area contributed by atoms with Gasteiger partial charge in [0.05, 0.1) is 0 Å². The Bertz CT molecular complexity index is 383. The minimum atomic E-state index is -0.468. The molecule has 0 aromatic carbocycles. The summed E-state index contributed by atoms with van der Waals surface area (Å²) in [7, 11) is 1.74. The first-order valence-corrected chi connectivity index (χ1v) is 5.31.